The molecule has 2 unspecified atom stereocenters. The lowest BCUT2D eigenvalue weighted by Gasteiger charge is -2.16. The normalized spacial score (nSPS) is 23.8. The molecule has 4 heteroatoms. The van der Waals surface area contributed by atoms with E-state index >= 15 is 0 Å². The molecule has 92 valence electrons. The van der Waals surface area contributed by atoms with Crippen LogP contribution in [-0.2, 0) is 20.9 Å². The van der Waals surface area contributed by atoms with Crippen molar-refractivity contribution in [2.24, 2.45) is 5.92 Å². The number of ether oxygens (including phenoxy) is 2. The summed E-state index contributed by atoms with van der Waals surface area (Å²) < 4.78 is 10.6. The van der Waals surface area contributed by atoms with E-state index in [2.05, 4.69) is 0 Å². The van der Waals surface area contributed by atoms with Gasteiger partial charge in [0.15, 0.2) is 0 Å². The highest BCUT2D eigenvalue weighted by molar-refractivity contribution is 5.71. The van der Waals surface area contributed by atoms with Crippen LogP contribution < -0.4 is 0 Å². The van der Waals surface area contributed by atoms with Crippen molar-refractivity contribution in [3.8, 4) is 0 Å². The van der Waals surface area contributed by atoms with Crippen molar-refractivity contribution in [3.05, 3.63) is 35.4 Å². The van der Waals surface area contributed by atoms with Crippen LogP contribution in [0.5, 0.6) is 0 Å². The predicted molar refractivity (Wildman–Crippen MR) is 61.6 cm³/mol. The molecule has 0 radical (unpaired) electrons. The fourth-order valence-corrected chi connectivity index (χ4v) is 2.20. The SMILES string of the molecule is COCc1cccc(C2OCCC2C(=O)O)c1. The molecule has 17 heavy (non-hydrogen) atoms. The van der Waals surface area contributed by atoms with E-state index in [4.69, 9.17) is 14.6 Å². The number of hydrogen-bond donors (Lipinski definition) is 1. The number of carboxylic acid groups (broad SMARTS) is 1. The standard InChI is InChI=1S/C13H16O4/c1-16-8-9-3-2-4-10(7-9)12-11(13(14)15)5-6-17-12/h2-4,7,11-12H,5-6,8H2,1H3,(H,14,15). The van der Waals surface area contributed by atoms with Crippen molar-refractivity contribution >= 4 is 5.97 Å². The largest absolute Gasteiger partial charge is 0.481 e. The Morgan fingerprint density at radius 3 is 3.12 bits per heavy atom. The first-order valence-electron chi connectivity index (χ1n) is 5.64. The number of benzene rings is 1. The zero-order chi connectivity index (χ0) is 12.3. The lowest BCUT2D eigenvalue weighted by Crippen LogP contribution is -2.17. The van der Waals surface area contributed by atoms with Crippen LogP contribution in [0.25, 0.3) is 0 Å². The second-order valence-corrected chi connectivity index (χ2v) is 4.20. The molecule has 1 aromatic carbocycles. The van der Waals surface area contributed by atoms with E-state index in [1.165, 1.54) is 0 Å². The van der Waals surface area contributed by atoms with Gasteiger partial charge in [0.05, 0.1) is 18.6 Å². The Kier molecular flexibility index (Phi) is 3.76. The van der Waals surface area contributed by atoms with Crippen molar-refractivity contribution in [2.75, 3.05) is 13.7 Å². The molecule has 1 fully saturated rings. The highest BCUT2D eigenvalue weighted by Crippen LogP contribution is 2.34. The van der Waals surface area contributed by atoms with Gasteiger partial charge in [-0.2, -0.15) is 0 Å². The van der Waals surface area contributed by atoms with Crippen LogP contribution in [-0.4, -0.2) is 24.8 Å². The smallest absolute Gasteiger partial charge is 0.309 e. The second-order valence-electron chi connectivity index (χ2n) is 4.20. The molecule has 0 aliphatic carbocycles. The van der Waals surface area contributed by atoms with Gasteiger partial charge in [-0.15, -0.1) is 0 Å². The van der Waals surface area contributed by atoms with Gasteiger partial charge in [-0.25, -0.2) is 0 Å². The molecular weight excluding hydrogens is 220 g/mol. The Morgan fingerprint density at radius 1 is 1.59 bits per heavy atom. The first kappa shape index (κ1) is 12.1. The van der Waals surface area contributed by atoms with Crippen LogP contribution in [0.15, 0.2) is 24.3 Å². The van der Waals surface area contributed by atoms with Crippen molar-refractivity contribution in [1.29, 1.82) is 0 Å². The Balaban J connectivity index is 2.21. The predicted octanol–water partition coefficient (Wildman–Crippen LogP) is 2.00. The van der Waals surface area contributed by atoms with E-state index in [0.717, 1.165) is 11.1 Å². The fraction of sp³-hybridized carbons (Fsp3) is 0.462. The molecule has 1 N–H and O–H groups in total. The van der Waals surface area contributed by atoms with Crippen molar-refractivity contribution in [3.63, 3.8) is 0 Å². The van der Waals surface area contributed by atoms with Gasteiger partial charge in [-0.05, 0) is 17.5 Å². The van der Waals surface area contributed by atoms with E-state index in [-0.39, 0.29) is 6.10 Å². The minimum Gasteiger partial charge on any atom is -0.481 e. The summed E-state index contributed by atoms with van der Waals surface area (Å²) in [6, 6.07) is 7.72. The van der Waals surface area contributed by atoms with Crippen molar-refractivity contribution < 1.29 is 19.4 Å². The zero-order valence-electron chi connectivity index (χ0n) is 9.76. The Hall–Kier alpha value is -1.39. The fourth-order valence-electron chi connectivity index (χ4n) is 2.20. The van der Waals surface area contributed by atoms with Gasteiger partial charge in [-0.1, -0.05) is 24.3 Å². The molecule has 2 atom stereocenters. The van der Waals surface area contributed by atoms with Crippen LogP contribution in [0.2, 0.25) is 0 Å². The zero-order valence-corrected chi connectivity index (χ0v) is 9.76. The third kappa shape index (κ3) is 2.65. The van der Waals surface area contributed by atoms with Crippen LogP contribution >= 0.6 is 0 Å². The molecule has 1 aromatic rings. The minimum absolute atomic E-state index is 0.329. The molecule has 1 aliphatic rings. The maximum absolute atomic E-state index is 11.1. The summed E-state index contributed by atoms with van der Waals surface area (Å²) in [5.41, 5.74) is 1.95. The number of aliphatic carboxylic acids is 1. The average Bonchev–Trinajstić information content (AvgIpc) is 2.79. The number of carbonyl (C=O) groups is 1. The number of methoxy groups -OCH3 is 1. The van der Waals surface area contributed by atoms with E-state index in [1.54, 1.807) is 7.11 Å². The van der Waals surface area contributed by atoms with Crippen molar-refractivity contribution in [2.45, 2.75) is 19.1 Å². The van der Waals surface area contributed by atoms with E-state index < -0.39 is 11.9 Å². The third-order valence-electron chi connectivity index (χ3n) is 3.00. The maximum Gasteiger partial charge on any atom is 0.309 e. The molecule has 1 aliphatic heterocycles. The number of rotatable bonds is 4. The maximum atomic E-state index is 11.1. The summed E-state index contributed by atoms with van der Waals surface area (Å²) in [4.78, 5) is 11.1. The Bertz CT molecular complexity index is 402. The summed E-state index contributed by atoms with van der Waals surface area (Å²) in [5, 5.41) is 9.11. The lowest BCUT2D eigenvalue weighted by atomic mass is 9.94. The highest BCUT2D eigenvalue weighted by atomic mass is 16.5. The topological polar surface area (TPSA) is 55.8 Å². The summed E-state index contributed by atoms with van der Waals surface area (Å²) in [5.74, 6) is -1.22. The molecule has 0 amide bonds. The van der Waals surface area contributed by atoms with Gasteiger partial charge >= 0.3 is 5.97 Å². The lowest BCUT2D eigenvalue weighted by molar-refractivity contribution is -0.143. The highest BCUT2D eigenvalue weighted by Gasteiger charge is 2.35. The molecular formula is C13H16O4. The molecule has 0 spiro atoms. The molecule has 2 rings (SSSR count). The number of hydrogen-bond acceptors (Lipinski definition) is 3. The molecule has 1 heterocycles. The summed E-state index contributed by atoms with van der Waals surface area (Å²) in [6.07, 6.45) is 0.249. The summed E-state index contributed by atoms with van der Waals surface area (Å²) in [6.45, 7) is 1.04. The van der Waals surface area contributed by atoms with E-state index in [1.807, 2.05) is 24.3 Å². The average molecular weight is 236 g/mol. The second kappa shape index (κ2) is 5.29. The first-order valence-corrected chi connectivity index (χ1v) is 5.64. The monoisotopic (exact) mass is 236 g/mol. The van der Waals surface area contributed by atoms with Gasteiger partial charge < -0.3 is 14.6 Å². The molecule has 1 saturated heterocycles. The van der Waals surface area contributed by atoms with Gasteiger partial charge in [-0.3, -0.25) is 4.79 Å². The Labute approximate surface area is 100 Å². The molecule has 4 nitrogen and oxygen atoms in total. The summed E-state index contributed by atoms with van der Waals surface area (Å²) in [7, 11) is 1.64. The van der Waals surface area contributed by atoms with E-state index in [0.29, 0.717) is 19.6 Å². The third-order valence-corrected chi connectivity index (χ3v) is 3.00. The quantitative estimate of drug-likeness (QED) is 0.868. The van der Waals surface area contributed by atoms with Gasteiger partial charge in [0.1, 0.15) is 0 Å². The molecule has 0 aromatic heterocycles. The van der Waals surface area contributed by atoms with Crippen LogP contribution in [0.1, 0.15) is 23.7 Å². The van der Waals surface area contributed by atoms with Gasteiger partial charge in [0.25, 0.3) is 0 Å². The first-order chi connectivity index (χ1) is 8.22. The van der Waals surface area contributed by atoms with Crippen LogP contribution in [0, 0.1) is 5.92 Å². The van der Waals surface area contributed by atoms with E-state index in [9.17, 15) is 4.79 Å². The van der Waals surface area contributed by atoms with Gasteiger partial charge in [0.2, 0.25) is 0 Å². The Morgan fingerprint density at radius 2 is 2.41 bits per heavy atom. The summed E-state index contributed by atoms with van der Waals surface area (Å²) >= 11 is 0. The molecule has 0 saturated carbocycles. The number of carboxylic acids is 1. The van der Waals surface area contributed by atoms with Gasteiger partial charge in [0, 0.05) is 13.7 Å². The minimum atomic E-state index is -0.787. The van der Waals surface area contributed by atoms with Crippen LogP contribution in [0.4, 0.5) is 0 Å². The van der Waals surface area contributed by atoms with Crippen molar-refractivity contribution in [1.82, 2.24) is 0 Å². The molecule has 0 bridgehead atoms. The van der Waals surface area contributed by atoms with Crippen LogP contribution in [0.3, 0.4) is 0 Å².